The van der Waals surface area contributed by atoms with Gasteiger partial charge in [0, 0.05) is 32.2 Å². The molecule has 2 aliphatic heterocycles. The second kappa shape index (κ2) is 7.01. The van der Waals surface area contributed by atoms with Gasteiger partial charge in [0.1, 0.15) is 0 Å². The number of amides is 1. The number of H-pyrrole nitrogens is 1. The molecule has 134 valence electrons. The summed E-state index contributed by atoms with van der Waals surface area (Å²) in [6.07, 6.45) is 2.02. The number of carbonyl (C=O) groups is 1. The van der Waals surface area contributed by atoms with Gasteiger partial charge in [-0.1, -0.05) is 12.1 Å². The average molecular weight is 344 g/mol. The van der Waals surface area contributed by atoms with Crippen molar-refractivity contribution >= 4 is 16.9 Å². The molecule has 2 N–H and O–H groups in total. The van der Waals surface area contributed by atoms with E-state index in [9.17, 15) is 9.59 Å². The Morgan fingerprint density at radius 3 is 2.80 bits per heavy atom. The fraction of sp³-hybridized carbons (Fsp3) is 0.556. The molecule has 3 heterocycles. The monoisotopic (exact) mass is 344 g/mol. The first-order chi connectivity index (χ1) is 12.2. The van der Waals surface area contributed by atoms with E-state index < -0.39 is 0 Å². The van der Waals surface area contributed by atoms with E-state index in [1.54, 1.807) is 0 Å². The Hall–Kier alpha value is -2.12. The van der Waals surface area contributed by atoms with Crippen molar-refractivity contribution in [3.8, 4) is 0 Å². The molecule has 0 spiro atoms. The SMILES string of the molecule is O=C(CC1CNCCO1)N1CCC(n2c(=O)[nH]c3ccccc32)CC1. The Balaban J connectivity index is 1.40. The molecular weight excluding hydrogens is 320 g/mol. The minimum Gasteiger partial charge on any atom is -0.375 e. The number of ether oxygens (including phenoxy) is 1. The number of morpholine rings is 1. The van der Waals surface area contributed by atoms with Crippen LogP contribution in [0.2, 0.25) is 0 Å². The van der Waals surface area contributed by atoms with Gasteiger partial charge in [0.15, 0.2) is 0 Å². The van der Waals surface area contributed by atoms with Gasteiger partial charge in [-0.15, -0.1) is 0 Å². The number of aromatic amines is 1. The van der Waals surface area contributed by atoms with E-state index in [2.05, 4.69) is 10.3 Å². The number of nitrogens with one attached hydrogen (secondary N) is 2. The standard InChI is InChI=1S/C18H24N4O3/c23-17(11-14-12-19-7-10-25-14)21-8-5-13(6-9-21)22-16-4-2-1-3-15(16)20-18(22)24/h1-4,13-14,19H,5-12H2,(H,20,24). The van der Waals surface area contributed by atoms with Crippen LogP contribution in [-0.4, -0.2) is 59.2 Å². The Morgan fingerprint density at radius 1 is 1.24 bits per heavy atom. The molecule has 2 aromatic rings. The molecular formula is C18H24N4O3. The number of para-hydroxylation sites is 2. The zero-order valence-corrected chi connectivity index (χ0v) is 14.2. The van der Waals surface area contributed by atoms with Crippen LogP contribution in [0, 0.1) is 0 Å². The van der Waals surface area contributed by atoms with Crippen LogP contribution in [0.1, 0.15) is 25.3 Å². The highest BCUT2D eigenvalue weighted by molar-refractivity contribution is 5.77. The third kappa shape index (κ3) is 3.34. The van der Waals surface area contributed by atoms with Gasteiger partial charge in [-0.3, -0.25) is 9.36 Å². The normalized spacial score (nSPS) is 22.4. The van der Waals surface area contributed by atoms with E-state index in [4.69, 9.17) is 4.74 Å². The van der Waals surface area contributed by atoms with E-state index in [-0.39, 0.29) is 23.7 Å². The molecule has 1 aromatic heterocycles. The lowest BCUT2D eigenvalue weighted by molar-refractivity contribution is -0.136. The van der Waals surface area contributed by atoms with Gasteiger partial charge in [0.25, 0.3) is 0 Å². The zero-order valence-electron chi connectivity index (χ0n) is 14.2. The third-order valence-corrected chi connectivity index (χ3v) is 5.21. The highest BCUT2D eigenvalue weighted by Gasteiger charge is 2.27. The van der Waals surface area contributed by atoms with Crippen molar-refractivity contribution in [1.29, 1.82) is 0 Å². The summed E-state index contributed by atoms with van der Waals surface area (Å²) in [6.45, 7) is 3.65. The molecule has 1 unspecified atom stereocenters. The molecule has 1 aromatic carbocycles. The molecule has 2 saturated heterocycles. The number of aromatic nitrogens is 2. The number of carbonyl (C=O) groups excluding carboxylic acids is 1. The summed E-state index contributed by atoms with van der Waals surface area (Å²) in [7, 11) is 0. The van der Waals surface area contributed by atoms with E-state index in [0.29, 0.717) is 26.1 Å². The van der Waals surface area contributed by atoms with Crippen LogP contribution >= 0.6 is 0 Å². The van der Waals surface area contributed by atoms with Gasteiger partial charge in [0.2, 0.25) is 5.91 Å². The summed E-state index contributed by atoms with van der Waals surface area (Å²) in [6, 6.07) is 7.90. The summed E-state index contributed by atoms with van der Waals surface area (Å²) < 4.78 is 7.48. The number of likely N-dealkylation sites (tertiary alicyclic amines) is 1. The number of fused-ring (bicyclic) bond motifs is 1. The van der Waals surface area contributed by atoms with Crippen LogP contribution in [0.15, 0.2) is 29.1 Å². The van der Waals surface area contributed by atoms with Gasteiger partial charge in [-0.2, -0.15) is 0 Å². The predicted molar refractivity (Wildman–Crippen MR) is 94.6 cm³/mol. The van der Waals surface area contributed by atoms with Crippen molar-refractivity contribution in [2.24, 2.45) is 0 Å². The van der Waals surface area contributed by atoms with Crippen LogP contribution in [0.5, 0.6) is 0 Å². The lowest BCUT2D eigenvalue weighted by atomic mass is 10.0. The molecule has 2 fully saturated rings. The number of piperidine rings is 1. The van der Waals surface area contributed by atoms with Gasteiger partial charge in [-0.25, -0.2) is 4.79 Å². The van der Waals surface area contributed by atoms with Crippen LogP contribution in [0.25, 0.3) is 11.0 Å². The van der Waals surface area contributed by atoms with Crippen molar-refractivity contribution < 1.29 is 9.53 Å². The molecule has 1 amide bonds. The fourth-order valence-electron chi connectivity index (χ4n) is 3.88. The lowest BCUT2D eigenvalue weighted by Gasteiger charge is -2.34. The maximum atomic E-state index is 12.5. The van der Waals surface area contributed by atoms with Crippen molar-refractivity contribution in [2.45, 2.75) is 31.4 Å². The molecule has 0 bridgehead atoms. The number of hydrogen-bond donors (Lipinski definition) is 2. The molecule has 7 heteroatoms. The van der Waals surface area contributed by atoms with Gasteiger partial charge in [0.05, 0.1) is 30.2 Å². The first-order valence-electron chi connectivity index (χ1n) is 9.02. The number of imidazole rings is 1. The van der Waals surface area contributed by atoms with E-state index in [0.717, 1.165) is 37.0 Å². The summed E-state index contributed by atoms with van der Waals surface area (Å²) in [4.78, 5) is 29.6. The Bertz CT molecular complexity index is 798. The van der Waals surface area contributed by atoms with Crippen LogP contribution < -0.4 is 11.0 Å². The first-order valence-corrected chi connectivity index (χ1v) is 9.02. The minimum atomic E-state index is -0.0624. The number of rotatable bonds is 3. The highest BCUT2D eigenvalue weighted by Crippen LogP contribution is 2.25. The molecule has 1 atom stereocenters. The Kier molecular flexibility index (Phi) is 4.59. The Labute approximate surface area is 146 Å². The van der Waals surface area contributed by atoms with Crippen LogP contribution in [0.3, 0.4) is 0 Å². The van der Waals surface area contributed by atoms with E-state index >= 15 is 0 Å². The number of hydrogen-bond acceptors (Lipinski definition) is 4. The van der Waals surface area contributed by atoms with Crippen molar-refractivity contribution in [3.05, 3.63) is 34.7 Å². The largest absolute Gasteiger partial charge is 0.375 e. The Morgan fingerprint density at radius 2 is 2.04 bits per heavy atom. The van der Waals surface area contributed by atoms with Crippen molar-refractivity contribution in [1.82, 2.24) is 19.8 Å². The molecule has 2 aliphatic rings. The molecule has 0 aliphatic carbocycles. The maximum Gasteiger partial charge on any atom is 0.326 e. The smallest absolute Gasteiger partial charge is 0.326 e. The third-order valence-electron chi connectivity index (χ3n) is 5.21. The zero-order chi connectivity index (χ0) is 17.2. The van der Waals surface area contributed by atoms with E-state index in [1.807, 2.05) is 33.7 Å². The molecule has 0 radical (unpaired) electrons. The first kappa shape index (κ1) is 16.4. The summed E-state index contributed by atoms with van der Waals surface area (Å²) in [5.74, 6) is 0.151. The summed E-state index contributed by atoms with van der Waals surface area (Å²) >= 11 is 0. The number of benzene rings is 1. The number of nitrogens with zero attached hydrogens (tertiary/aromatic N) is 2. The quantitative estimate of drug-likeness (QED) is 0.866. The van der Waals surface area contributed by atoms with Gasteiger partial charge in [-0.05, 0) is 25.0 Å². The fourth-order valence-corrected chi connectivity index (χ4v) is 3.88. The maximum absolute atomic E-state index is 12.5. The summed E-state index contributed by atoms with van der Waals surface area (Å²) in [5.41, 5.74) is 1.75. The minimum absolute atomic E-state index is 0.0183. The van der Waals surface area contributed by atoms with Crippen LogP contribution in [0.4, 0.5) is 0 Å². The second-order valence-electron chi connectivity index (χ2n) is 6.83. The highest BCUT2D eigenvalue weighted by atomic mass is 16.5. The van der Waals surface area contributed by atoms with Gasteiger partial charge >= 0.3 is 5.69 Å². The second-order valence-corrected chi connectivity index (χ2v) is 6.83. The average Bonchev–Trinajstić information content (AvgIpc) is 2.98. The molecule has 0 saturated carbocycles. The predicted octanol–water partition coefficient (Wildman–Crippen LogP) is 0.872. The lowest BCUT2D eigenvalue weighted by Crippen LogP contribution is -2.45. The summed E-state index contributed by atoms with van der Waals surface area (Å²) in [5, 5.41) is 3.25. The van der Waals surface area contributed by atoms with Gasteiger partial charge < -0.3 is 19.9 Å². The van der Waals surface area contributed by atoms with Crippen molar-refractivity contribution in [2.75, 3.05) is 32.8 Å². The van der Waals surface area contributed by atoms with Crippen molar-refractivity contribution in [3.63, 3.8) is 0 Å². The topological polar surface area (TPSA) is 79.4 Å². The van der Waals surface area contributed by atoms with E-state index in [1.165, 1.54) is 0 Å². The molecule has 4 rings (SSSR count). The van der Waals surface area contributed by atoms with Crippen LogP contribution in [-0.2, 0) is 9.53 Å². The molecule has 25 heavy (non-hydrogen) atoms. The molecule has 7 nitrogen and oxygen atoms in total.